The van der Waals surface area contributed by atoms with E-state index in [2.05, 4.69) is 21.2 Å². The van der Waals surface area contributed by atoms with Crippen molar-refractivity contribution in [2.75, 3.05) is 5.32 Å². The molecule has 0 saturated heterocycles. The van der Waals surface area contributed by atoms with Crippen molar-refractivity contribution in [3.63, 3.8) is 0 Å². The number of nitro benzene ring substituents is 1. The Kier molecular flexibility index (Phi) is 4.44. The second-order valence-electron chi connectivity index (χ2n) is 3.93. The first-order valence-corrected chi connectivity index (χ1v) is 7.42. The smallest absolute Gasteiger partial charge is 0.293 e. The van der Waals surface area contributed by atoms with Crippen molar-refractivity contribution in [2.24, 2.45) is 0 Å². The molecule has 0 fully saturated rings. The molecule has 0 radical (unpaired) electrons. The Labute approximate surface area is 127 Å². The third-order valence-corrected chi connectivity index (χ3v) is 4.46. The molecule has 0 bridgehead atoms. The Morgan fingerprint density at radius 2 is 2.16 bits per heavy atom. The second-order valence-corrected chi connectivity index (χ2v) is 6.59. The Balaban J connectivity index is 2.26. The first-order chi connectivity index (χ1) is 8.97. The molecule has 100 valence electrons. The molecular formula is C12H10BrClN2O2S. The van der Waals surface area contributed by atoms with Gasteiger partial charge in [0.15, 0.2) is 0 Å². The fourth-order valence-electron chi connectivity index (χ4n) is 1.64. The van der Waals surface area contributed by atoms with Gasteiger partial charge in [0.25, 0.3) is 5.69 Å². The van der Waals surface area contributed by atoms with E-state index in [4.69, 9.17) is 11.6 Å². The maximum atomic E-state index is 11.0. The highest BCUT2D eigenvalue weighted by Crippen LogP contribution is 2.33. The zero-order valence-electron chi connectivity index (χ0n) is 9.89. The van der Waals surface area contributed by atoms with E-state index in [9.17, 15) is 10.1 Å². The number of anilines is 1. The molecule has 1 unspecified atom stereocenters. The average molecular weight is 362 g/mol. The van der Waals surface area contributed by atoms with Crippen LogP contribution in [0.15, 0.2) is 34.8 Å². The third kappa shape index (κ3) is 3.46. The fourth-order valence-corrected chi connectivity index (χ4v) is 3.06. The summed E-state index contributed by atoms with van der Waals surface area (Å²) in [5.41, 5.74) is 0.536. The first-order valence-electron chi connectivity index (χ1n) is 5.43. The minimum absolute atomic E-state index is 0.0441. The summed E-state index contributed by atoms with van der Waals surface area (Å²) < 4.78 is 1.38. The van der Waals surface area contributed by atoms with Crippen LogP contribution in [0.1, 0.15) is 17.8 Å². The number of benzene rings is 1. The first kappa shape index (κ1) is 14.3. The number of halogens is 2. The summed E-state index contributed by atoms with van der Waals surface area (Å²) in [5, 5.41) is 14.2. The highest BCUT2D eigenvalue weighted by atomic mass is 79.9. The van der Waals surface area contributed by atoms with Gasteiger partial charge in [-0.05, 0) is 31.2 Å². The lowest BCUT2D eigenvalue weighted by molar-refractivity contribution is -0.384. The molecule has 0 aliphatic carbocycles. The van der Waals surface area contributed by atoms with Gasteiger partial charge in [0.05, 0.1) is 15.3 Å². The SMILES string of the molecule is CC(Nc1ccc(Br)cc1[N+](=O)[O-])c1ccc(Cl)s1. The molecular weight excluding hydrogens is 352 g/mol. The number of nitro groups is 1. The molecule has 7 heteroatoms. The largest absolute Gasteiger partial charge is 0.372 e. The number of thiophene rings is 1. The molecule has 0 aliphatic rings. The van der Waals surface area contributed by atoms with Crippen LogP contribution in [0.5, 0.6) is 0 Å². The van der Waals surface area contributed by atoms with Crippen LogP contribution in [0.4, 0.5) is 11.4 Å². The molecule has 4 nitrogen and oxygen atoms in total. The molecule has 0 spiro atoms. The van der Waals surface area contributed by atoms with E-state index in [1.807, 2.05) is 19.1 Å². The predicted octanol–water partition coefficient (Wildman–Crippen LogP) is 5.25. The van der Waals surface area contributed by atoms with Crippen molar-refractivity contribution in [1.29, 1.82) is 0 Å². The molecule has 1 heterocycles. The quantitative estimate of drug-likeness (QED) is 0.598. The summed E-state index contributed by atoms with van der Waals surface area (Å²) in [6.07, 6.45) is 0. The van der Waals surface area contributed by atoms with Gasteiger partial charge in [0, 0.05) is 15.4 Å². The Morgan fingerprint density at radius 1 is 1.42 bits per heavy atom. The number of hydrogen-bond donors (Lipinski definition) is 1. The van der Waals surface area contributed by atoms with Crippen LogP contribution in [-0.4, -0.2) is 4.92 Å². The molecule has 19 heavy (non-hydrogen) atoms. The van der Waals surface area contributed by atoms with Crippen molar-refractivity contribution in [1.82, 2.24) is 0 Å². The topological polar surface area (TPSA) is 55.2 Å². The van der Waals surface area contributed by atoms with Gasteiger partial charge in [0.2, 0.25) is 0 Å². The zero-order valence-corrected chi connectivity index (χ0v) is 13.1. The second kappa shape index (κ2) is 5.90. The van der Waals surface area contributed by atoms with Crippen molar-refractivity contribution in [3.8, 4) is 0 Å². The maximum Gasteiger partial charge on any atom is 0.293 e. The van der Waals surface area contributed by atoms with E-state index in [0.29, 0.717) is 14.5 Å². The standard InChI is InChI=1S/C12H10BrClN2O2S/c1-7(11-4-5-12(14)19-11)15-9-3-2-8(13)6-10(9)16(17)18/h2-7,15H,1H3. The van der Waals surface area contributed by atoms with Gasteiger partial charge in [-0.2, -0.15) is 0 Å². The van der Waals surface area contributed by atoms with Crippen LogP contribution < -0.4 is 5.32 Å². The minimum atomic E-state index is -0.402. The number of nitrogens with one attached hydrogen (secondary N) is 1. The summed E-state index contributed by atoms with van der Waals surface area (Å²) in [4.78, 5) is 11.7. The van der Waals surface area contributed by atoms with Gasteiger partial charge in [-0.1, -0.05) is 27.5 Å². The molecule has 2 rings (SSSR count). The van der Waals surface area contributed by atoms with E-state index in [1.165, 1.54) is 17.4 Å². The molecule has 2 aromatic rings. The molecule has 0 saturated carbocycles. The summed E-state index contributed by atoms with van der Waals surface area (Å²) in [5.74, 6) is 0. The summed E-state index contributed by atoms with van der Waals surface area (Å²) >= 11 is 10.6. The van der Waals surface area contributed by atoms with Crippen molar-refractivity contribution >= 4 is 50.2 Å². The van der Waals surface area contributed by atoms with Crippen molar-refractivity contribution in [2.45, 2.75) is 13.0 Å². The van der Waals surface area contributed by atoms with Crippen molar-refractivity contribution < 1.29 is 4.92 Å². The van der Waals surface area contributed by atoms with Crippen LogP contribution in [0.2, 0.25) is 4.34 Å². The Bertz CT molecular complexity index is 618. The molecule has 0 amide bonds. The van der Waals surface area contributed by atoms with Crippen LogP contribution in [0, 0.1) is 10.1 Å². The van der Waals surface area contributed by atoms with Gasteiger partial charge in [-0.15, -0.1) is 11.3 Å². The third-order valence-electron chi connectivity index (χ3n) is 2.55. The van der Waals surface area contributed by atoms with E-state index >= 15 is 0 Å². The van der Waals surface area contributed by atoms with Crippen molar-refractivity contribution in [3.05, 3.63) is 54.1 Å². The van der Waals surface area contributed by atoms with Gasteiger partial charge < -0.3 is 5.32 Å². The van der Waals surface area contributed by atoms with Gasteiger partial charge in [0.1, 0.15) is 5.69 Å². The number of nitrogens with zero attached hydrogens (tertiary/aromatic N) is 1. The van der Waals surface area contributed by atoms with E-state index in [-0.39, 0.29) is 11.7 Å². The number of hydrogen-bond acceptors (Lipinski definition) is 4. The monoisotopic (exact) mass is 360 g/mol. The molecule has 1 N–H and O–H groups in total. The minimum Gasteiger partial charge on any atom is -0.372 e. The average Bonchev–Trinajstić information content (AvgIpc) is 2.78. The summed E-state index contributed by atoms with van der Waals surface area (Å²) in [6, 6.07) is 8.62. The normalized spacial score (nSPS) is 12.2. The van der Waals surface area contributed by atoms with Gasteiger partial charge in [-0.25, -0.2) is 0 Å². The fraction of sp³-hybridized carbons (Fsp3) is 0.167. The summed E-state index contributed by atoms with van der Waals surface area (Å²) in [6.45, 7) is 1.94. The van der Waals surface area contributed by atoms with Crippen LogP contribution in [0.3, 0.4) is 0 Å². The zero-order chi connectivity index (χ0) is 14.0. The molecule has 1 aromatic heterocycles. The predicted molar refractivity (Wildman–Crippen MR) is 82.2 cm³/mol. The van der Waals surface area contributed by atoms with Gasteiger partial charge >= 0.3 is 0 Å². The summed E-state index contributed by atoms with van der Waals surface area (Å²) in [7, 11) is 0. The highest BCUT2D eigenvalue weighted by Gasteiger charge is 2.17. The van der Waals surface area contributed by atoms with E-state index in [0.717, 1.165) is 4.88 Å². The van der Waals surface area contributed by atoms with Gasteiger partial charge in [-0.3, -0.25) is 10.1 Å². The number of rotatable bonds is 4. The molecule has 1 aromatic carbocycles. The highest BCUT2D eigenvalue weighted by molar-refractivity contribution is 9.10. The lowest BCUT2D eigenvalue weighted by atomic mass is 10.2. The Hall–Kier alpha value is -1.11. The van der Waals surface area contributed by atoms with Crippen LogP contribution in [0.25, 0.3) is 0 Å². The van der Waals surface area contributed by atoms with Crippen LogP contribution >= 0.6 is 38.9 Å². The van der Waals surface area contributed by atoms with E-state index < -0.39 is 4.92 Å². The lowest BCUT2D eigenvalue weighted by Gasteiger charge is -2.13. The maximum absolute atomic E-state index is 11.0. The Morgan fingerprint density at radius 3 is 2.74 bits per heavy atom. The molecule has 1 atom stereocenters. The molecule has 0 aliphatic heterocycles. The van der Waals surface area contributed by atoms with E-state index in [1.54, 1.807) is 12.1 Å². The lowest BCUT2D eigenvalue weighted by Crippen LogP contribution is -2.06. The van der Waals surface area contributed by atoms with Crippen LogP contribution in [-0.2, 0) is 0 Å².